The largest absolute Gasteiger partial charge is 0.380 e. The zero-order valence-electron chi connectivity index (χ0n) is 18.8. The number of amides is 2. The zero-order chi connectivity index (χ0) is 24.2. The highest BCUT2D eigenvalue weighted by molar-refractivity contribution is 6.31. The van der Waals surface area contributed by atoms with Gasteiger partial charge in [-0.3, -0.25) is 14.4 Å². The minimum absolute atomic E-state index is 0.152. The van der Waals surface area contributed by atoms with Crippen LogP contribution in [0.4, 0.5) is 5.69 Å². The van der Waals surface area contributed by atoms with Crippen LogP contribution in [0.5, 0.6) is 0 Å². The maximum atomic E-state index is 13.2. The van der Waals surface area contributed by atoms with Crippen LogP contribution in [0.1, 0.15) is 54.1 Å². The first-order chi connectivity index (χ1) is 15.6. The fourth-order valence-corrected chi connectivity index (χ4v) is 3.75. The number of carbonyl (C=O) groups excluding carboxylic acids is 2. The molecule has 1 heterocycles. The van der Waals surface area contributed by atoms with E-state index in [0.717, 1.165) is 17.2 Å². The van der Waals surface area contributed by atoms with E-state index in [9.17, 15) is 14.4 Å². The monoisotopic (exact) mass is 471 g/mol. The molecule has 0 saturated heterocycles. The Hall–Kier alpha value is -3.36. The average Bonchev–Trinajstić information content (AvgIpc) is 3.18. The standard InChI is InChI=1S/C24H26ClN3O5/c1-24(2,3)17-10-9-16(11-18(17)25)26-23(31)21(15-7-5-14(6-8-15)13-32-4)27-22(30)19-12-20(29)28-33-19/h5-12,21H,13H2,1-4H3,(H,26,31)(H,27,30)(H,28,29). The van der Waals surface area contributed by atoms with Crippen molar-refractivity contribution < 1.29 is 18.8 Å². The van der Waals surface area contributed by atoms with Crippen LogP contribution in [0.25, 0.3) is 0 Å². The molecule has 174 valence electrons. The van der Waals surface area contributed by atoms with Crippen molar-refractivity contribution in [2.24, 2.45) is 0 Å². The number of H-pyrrole nitrogens is 1. The van der Waals surface area contributed by atoms with Crippen LogP contribution in [0.15, 0.2) is 57.8 Å². The number of carbonyl (C=O) groups is 2. The summed E-state index contributed by atoms with van der Waals surface area (Å²) in [4.78, 5) is 37.1. The first-order valence-corrected chi connectivity index (χ1v) is 10.6. The second-order valence-corrected chi connectivity index (χ2v) is 9.00. The maximum Gasteiger partial charge on any atom is 0.290 e. The van der Waals surface area contributed by atoms with Crippen LogP contribution < -0.4 is 16.2 Å². The van der Waals surface area contributed by atoms with Crippen LogP contribution in [-0.2, 0) is 21.6 Å². The summed E-state index contributed by atoms with van der Waals surface area (Å²) in [5.74, 6) is -1.43. The molecule has 3 rings (SSSR count). The normalized spacial score (nSPS) is 12.3. The number of ether oxygens (including phenoxy) is 1. The molecule has 2 amide bonds. The third-order valence-electron chi connectivity index (χ3n) is 4.95. The first kappa shape index (κ1) is 24.3. The molecule has 3 aromatic rings. The Morgan fingerprint density at radius 2 is 1.82 bits per heavy atom. The summed E-state index contributed by atoms with van der Waals surface area (Å²) in [5.41, 5.74) is 2.17. The van der Waals surface area contributed by atoms with E-state index in [0.29, 0.717) is 22.9 Å². The van der Waals surface area contributed by atoms with Crippen molar-refractivity contribution in [3.05, 3.63) is 86.4 Å². The Balaban J connectivity index is 1.87. The van der Waals surface area contributed by atoms with E-state index in [2.05, 4.69) is 15.8 Å². The Labute approximate surface area is 196 Å². The van der Waals surface area contributed by atoms with Crippen molar-refractivity contribution >= 4 is 29.1 Å². The fourth-order valence-electron chi connectivity index (χ4n) is 3.29. The Bertz CT molecular complexity index is 1190. The topological polar surface area (TPSA) is 113 Å². The number of methoxy groups -OCH3 is 1. The Kier molecular flexibility index (Phi) is 7.40. The van der Waals surface area contributed by atoms with Gasteiger partial charge >= 0.3 is 0 Å². The van der Waals surface area contributed by atoms with Crippen molar-refractivity contribution in [3.63, 3.8) is 0 Å². The van der Waals surface area contributed by atoms with E-state index >= 15 is 0 Å². The number of nitrogens with one attached hydrogen (secondary N) is 3. The van der Waals surface area contributed by atoms with E-state index in [4.69, 9.17) is 20.9 Å². The Morgan fingerprint density at radius 1 is 1.12 bits per heavy atom. The molecule has 1 unspecified atom stereocenters. The lowest BCUT2D eigenvalue weighted by atomic mass is 9.87. The number of hydrogen-bond donors (Lipinski definition) is 3. The summed E-state index contributed by atoms with van der Waals surface area (Å²) in [5, 5.41) is 8.00. The minimum Gasteiger partial charge on any atom is -0.380 e. The van der Waals surface area contributed by atoms with Crippen molar-refractivity contribution in [1.29, 1.82) is 0 Å². The van der Waals surface area contributed by atoms with E-state index in [1.165, 1.54) is 0 Å². The molecule has 9 heteroatoms. The van der Waals surface area contributed by atoms with Gasteiger partial charge in [0, 0.05) is 17.8 Å². The Morgan fingerprint density at radius 3 is 2.36 bits per heavy atom. The quantitative estimate of drug-likeness (QED) is 0.478. The lowest BCUT2D eigenvalue weighted by Gasteiger charge is -2.22. The van der Waals surface area contributed by atoms with Gasteiger partial charge in [-0.05, 0) is 34.2 Å². The third kappa shape index (κ3) is 6.12. The van der Waals surface area contributed by atoms with Crippen LogP contribution in [0, 0.1) is 0 Å². The van der Waals surface area contributed by atoms with Crippen molar-refractivity contribution in [1.82, 2.24) is 10.5 Å². The van der Waals surface area contributed by atoms with Crippen LogP contribution in [0.2, 0.25) is 5.02 Å². The smallest absolute Gasteiger partial charge is 0.290 e. The van der Waals surface area contributed by atoms with Gasteiger partial charge in [0.05, 0.1) is 12.7 Å². The molecule has 0 saturated carbocycles. The molecule has 0 aliphatic heterocycles. The van der Waals surface area contributed by atoms with E-state index in [-0.39, 0.29) is 11.2 Å². The van der Waals surface area contributed by atoms with E-state index in [1.54, 1.807) is 43.5 Å². The summed E-state index contributed by atoms with van der Waals surface area (Å²) in [6.45, 7) is 6.55. The zero-order valence-corrected chi connectivity index (χ0v) is 19.6. The number of aromatic nitrogens is 1. The van der Waals surface area contributed by atoms with Gasteiger partial charge in [0.2, 0.25) is 5.76 Å². The maximum absolute atomic E-state index is 13.2. The van der Waals surface area contributed by atoms with Crippen LogP contribution in [-0.4, -0.2) is 24.1 Å². The fraction of sp³-hybridized carbons (Fsp3) is 0.292. The molecular weight excluding hydrogens is 446 g/mol. The average molecular weight is 472 g/mol. The highest BCUT2D eigenvalue weighted by atomic mass is 35.5. The molecule has 33 heavy (non-hydrogen) atoms. The third-order valence-corrected chi connectivity index (χ3v) is 5.27. The van der Waals surface area contributed by atoms with Gasteiger partial charge in [-0.25, -0.2) is 0 Å². The van der Waals surface area contributed by atoms with Crippen molar-refractivity contribution in [2.45, 2.75) is 38.8 Å². The second kappa shape index (κ2) is 10.1. The molecule has 8 nitrogen and oxygen atoms in total. The molecule has 0 aliphatic carbocycles. The molecular formula is C24H26ClN3O5. The summed E-state index contributed by atoms with van der Waals surface area (Å²) >= 11 is 6.43. The number of halogens is 1. The minimum atomic E-state index is -1.06. The number of benzene rings is 2. The number of aromatic amines is 1. The van der Waals surface area contributed by atoms with Gasteiger partial charge in [0.25, 0.3) is 17.4 Å². The first-order valence-electron chi connectivity index (χ1n) is 10.3. The molecule has 0 radical (unpaired) electrons. The highest BCUT2D eigenvalue weighted by Crippen LogP contribution is 2.31. The van der Waals surface area contributed by atoms with Crippen molar-refractivity contribution in [3.8, 4) is 0 Å². The molecule has 2 aromatic carbocycles. The van der Waals surface area contributed by atoms with Crippen molar-refractivity contribution in [2.75, 3.05) is 12.4 Å². The molecule has 0 fully saturated rings. The molecule has 1 aromatic heterocycles. The summed E-state index contributed by atoms with van der Waals surface area (Å²) < 4.78 is 9.97. The van der Waals surface area contributed by atoms with Gasteiger partial charge in [0.1, 0.15) is 6.04 Å². The lowest BCUT2D eigenvalue weighted by molar-refractivity contribution is -0.118. The predicted octanol–water partition coefficient (Wildman–Crippen LogP) is 4.18. The molecule has 1 atom stereocenters. The molecule has 3 N–H and O–H groups in total. The lowest BCUT2D eigenvalue weighted by Crippen LogP contribution is -2.37. The second-order valence-electron chi connectivity index (χ2n) is 8.59. The van der Waals surface area contributed by atoms with Gasteiger partial charge in [-0.15, -0.1) is 0 Å². The van der Waals surface area contributed by atoms with E-state index in [1.807, 2.05) is 26.8 Å². The van der Waals surface area contributed by atoms with Crippen LogP contribution >= 0.6 is 11.6 Å². The van der Waals surface area contributed by atoms with Gasteiger partial charge in [0.15, 0.2) is 0 Å². The number of anilines is 1. The van der Waals surface area contributed by atoms with Gasteiger partial charge in [-0.1, -0.05) is 62.7 Å². The summed E-state index contributed by atoms with van der Waals surface area (Å²) in [6.07, 6.45) is 0. The predicted molar refractivity (Wildman–Crippen MR) is 125 cm³/mol. The SMILES string of the molecule is COCc1ccc(C(NC(=O)c2cc(=O)[nH]o2)C(=O)Nc2ccc(C(C)(C)C)c(Cl)c2)cc1. The molecule has 0 bridgehead atoms. The van der Waals surface area contributed by atoms with Crippen LogP contribution in [0.3, 0.4) is 0 Å². The number of hydrogen-bond acceptors (Lipinski definition) is 5. The molecule has 0 spiro atoms. The summed E-state index contributed by atoms with van der Waals surface area (Å²) in [6, 6.07) is 12.3. The van der Waals surface area contributed by atoms with Gasteiger partial charge < -0.3 is 19.9 Å². The highest BCUT2D eigenvalue weighted by Gasteiger charge is 2.26. The number of rotatable bonds is 7. The summed E-state index contributed by atoms with van der Waals surface area (Å²) in [7, 11) is 1.59. The van der Waals surface area contributed by atoms with E-state index < -0.39 is 23.4 Å². The van der Waals surface area contributed by atoms with Gasteiger partial charge in [-0.2, -0.15) is 5.16 Å². The molecule has 0 aliphatic rings.